The van der Waals surface area contributed by atoms with E-state index in [1.54, 1.807) is 7.11 Å². The first kappa shape index (κ1) is 10.0. The topological polar surface area (TPSA) is 50.3 Å². The molecule has 0 amide bonds. The number of nitrogens with zero attached hydrogens (tertiary/aromatic N) is 3. The van der Waals surface area contributed by atoms with Gasteiger partial charge in [0.1, 0.15) is 12.0 Å². The minimum Gasteiger partial charge on any atom is -0.479 e. The van der Waals surface area contributed by atoms with Crippen molar-refractivity contribution in [2.45, 2.75) is 19.4 Å². The second-order valence-electron chi connectivity index (χ2n) is 3.64. The van der Waals surface area contributed by atoms with Gasteiger partial charge in [-0.15, -0.1) is 0 Å². The molecule has 5 nitrogen and oxygen atoms in total. The first-order valence-corrected chi connectivity index (χ1v) is 5.13. The molecule has 0 aromatic carbocycles. The number of fused-ring (bicyclic) bond motifs is 1. The second-order valence-corrected chi connectivity index (χ2v) is 3.64. The van der Waals surface area contributed by atoms with Crippen LogP contribution in [-0.4, -0.2) is 36.7 Å². The molecule has 82 valence electrons. The van der Waals surface area contributed by atoms with Gasteiger partial charge in [-0.05, 0) is 6.42 Å². The molecular weight excluding hydrogens is 192 g/mol. The summed E-state index contributed by atoms with van der Waals surface area (Å²) in [4.78, 5) is 10.5. The van der Waals surface area contributed by atoms with E-state index in [2.05, 4.69) is 34.2 Å². The fraction of sp³-hybridized carbons (Fsp3) is 0.600. The van der Waals surface area contributed by atoms with Crippen LogP contribution in [0, 0.1) is 0 Å². The molecular formula is C10H16N4O. The Morgan fingerprint density at radius 2 is 2.40 bits per heavy atom. The maximum atomic E-state index is 5.19. The van der Waals surface area contributed by atoms with Crippen LogP contribution in [0.1, 0.15) is 13.3 Å². The van der Waals surface area contributed by atoms with Gasteiger partial charge in [0.25, 0.3) is 0 Å². The Morgan fingerprint density at radius 3 is 3.07 bits per heavy atom. The fourth-order valence-corrected chi connectivity index (χ4v) is 1.89. The van der Waals surface area contributed by atoms with Crippen molar-refractivity contribution in [2.24, 2.45) is 0 Å². The molecule has 1 aliphatic rings. The van der Waals surface area contributed by atoms with Crippen LogP contribution >= 0.6 is 0 Å². The average Bonchev–Trinajstić information content (AvgIpc) is 2.29. The predicted octanol–water partition coefficient (Wildman–Crippen LogP) is 1.13. The lowest BCUT2D eigenvalue weighted by Gasteiger charge is -2.35. The molecule has 0 radical (unpaired) electrons. The van der Waals surface area contributed by atoms with E-state index in [-0.39, 0.29) is 0 Å². The van der Waals surface area contributed by atoms with Gasteiger partial charge in [0.05, 0.1) is 7.11 Å². The van der Waals surface area contributed by atoms with E-state index in [0.717, 1.165) is 24.5 Å². The van der Waals surface area contributed by atoms with Crippen molar-refractivity contribution in [2.75, 3.05) is 30.9 Å². The van der Waals surface area contributed by atoms with E-state index in [9.17, 15) is 0 Å². The molecule has 0 spiro atoms. The van der Waals surface area contributed by atoms with Gasteiger partial charge in [0, 0.05) is 19.6 Å². The number of hydrogen-bond acceptors (Lipinski definition) is 5. The molecule has 0 fully saturated rings. The maximum Gasteiger partial charge on any atom is 0.242 e. The summed E-state index contributed by atoms with van der Waals surface area (Å²) in [5.74, 6) is 1.53. The Morgan fingerprint density at radius 1 is 1.60 bits per heavy atom. The highest BCUT2D eigenvalue weighted by Gasteiger charge is 2.25. The predicted molar refractivity (Wildman–Crippen MR) is 59.6 cm³/mol. The molecule has 1 N–H and O–H groups in total. The van der Waals surface area contributed by atoms with E-state index in [1.165, 1.54) is 6.33 Å². The summed E-state index contributed by atoms with van der Waals surface area (Å²) >= 11 is 0. The van der Waals surface area contributed by atoms with Crippen LogP contribution in [-0.2, 0) is 0 Å². The molecule has 15 heavy (non-hydrogen) atoms. The molecule has 0 saturated heterocycles. The van der Waals surface area contributed by atoms with Gasteiger partial charge in [0.2, 0.25) is 5.88 Å². The van der Waals surface area contributed by atoms with Crippen LogP contribution in [0.3, 0.4) is 0 Å². The SMILES string of the molecule is CCC1CNc2c(OC)ncnc2N1C. The lowest BCUT2D eigenvalue weighted by Crippen LogP contribution is -2.41. The summed E-state index contributed by atoms with van der Waals surface area (Å²) in [5.41, 5.74) is 0.896. The van der Waals surface area contributed by atoms with Gasteiger partial charge in [-0.1, -0.05) is 6.92 Å². The first-order valence-electron chi connectivity index (χ1n) is 5.13. The van der Waals surface area contributed by atoms with Gasteiger partial charge in [-0.25, -0.2) is 4.98 Å². The highest BCUT2D eigenvalue weighted by molar-refractivity contribution is 5.72. The number of rotatable bonds is 2. The van der Waals surface area contributed by atoms with Crippen molar-refractivity contribution in [1.29, 1.82) is 0 Å². The van der Waals surface area contributed by atoms with E-state index in [0.29, 0.717) is 11.9 Å². The summed E-state index contributed by atoms with van der Waals surface area (Å²) in [6, 6.07) is 0.483. The molecule has 0 bridgehead atoms. The van der Waals surface area contributed by atoms with Crippen molar-refractivity contribution in [3.8, 4) is 5.88 Å². The number of methoxy groups -OCH3 is 1. The summed E-state index contributed by atoms with van der Waals surface area (Å²) in [6.07, 6.45) is 2.63. The number of ether oxygens (including phenoxy) is 1. The van der Waals surface area contributed by atoms with Gasteiger partial charge < -0.3 is 15.0 Å². The van der Waals surface area contributed by atoms with Gasteiger partial charge >= 0.3 is 0 Å². The number of nitrogens with one attached hydrogen (secondary N) is 1. The number of aromatic nitrogens is 2. The Kier molecular flexibility index (Phi) is 2.62. The molecule has 1 atom stereocenters. The third-order valence-corrected chi connectivity index (χ3v) is 2.85. The summed E-state index contributed by atoms with van der Waals surface area (Å²) in [5, 5.41) is 3.32. The average molecular weight is 208 g/mol. The normalized spacial score (nSPS) is 19.4. The fourth-order valence-electron chi connectivity index (χ4n) is 1.89. The molecule has 2 rings (SSSR count). The third kappa shape index (κ3) is 1.58. The molecule has 0 saturated carbocycles. The second kappa shape index (κ2) is 3.92. The minimum atomic E-state index is 0.483. The van der Waals surface area contributed by atoms with Crippen molar-refractivity contribution in [1.82, 2.24) is 9.97 Å². The van der Waals surface area contributed by atoms with Gasteiger partial charge in [-0.2, -0.15) is 4.98 Å². The number of likely N-dealkylation sites (N-methyl/N-ethyl adjacent to an activating group) is 1. The van der Waals surface area contributed by atoms with Crippen molar-refractivity contribution < 1.29 is 4.74 Å². The smallest absolute Gasteiger partial charge is 0.242 e. The van der Waals surface area contributed by atoms with E-state index in [4.69, 9.17) is 4.74 Å². The summed E-state index contributed by atoms with van der Waals surface area (Å²) < 4.78 is 5.19. The van der Waals surface area contributed by atoms with Crippen LogP contribution < -0.4 is 15.0 Å². The Bertz CT molecular complexity index is 355. The highest BCUT2D eigenvalue weighted by Crippen LogP contribution is 2.34. The zero-order valence-corrected chi connectivity index (χ0v) is 9.32. The van der Waals surface area contributed by atoms with Crippen molar-refractivity contribution in [3.05, 3.63) is 6.33 Å². The van der Waals surface area contributed by atoms with Crippen molar-refractivity contribution >= 4 is 11.5 Å². The standard InChI is InChI=1S/C10H16N4O/c1-4-7-5-11-8-9(14(7)2)12-6-13-10(8)15-3/h6-7,11H,4-5H2,1-3H3. The molecule has 0 aliphatic carbocycles. The zero-order chi connectivity index (χ0) is 10.8. The first-order chi connectivity index (χ1) is 7.27. The summed E-state index contributed by atoms with van der Waals surface area (Å²) in [7, 11) is 3.68. The van der Waals surface area contributed by atoms with E-state index in [1.807, 2.05) is 0 Å². The van der Waals surface area contributed by atoms with Crippen molar-refractivity contribution in [3.63, 3.8) is 0 Å². The molecule has 1 unspecified atom stereocenters. The van der Waals surface area contributed by atoms with E-state index >= 15 is 0 Å². The van der Waals surface area contributed by atoms with Crippen LogP contribution in [0.4, 0.5) is 11.5 Å². The minimum absolute atomic E-state index is 0.483. The third-order valence-electron chi connectivity index (χ3n) is 2.85. The molecule has 1 aliphatic heterocycles. The Hall–Kier alpha value is -1.52. The largest absolute Gasteiger partial charge is 0.479 e. The molecule has 1 aromatic rings. The molecule has 2 heterocycles. The Balaban J connectivity index is 2.40. The number of hydrogen-bond donors (Lipinski definition) is 1. The maximum absolute atomic E-state index is 5.19. The number of anilines is 2. The summed E-state index contributed by atoms with van der Waals surface area (Å²) in [6.45, 7) is 3.08. The zero-order valence-electron chi connectivity index (χ0n) is 9.32. The molecule has 5 heteroatoms. The quantitative estimate of drug-likeness (QED) is 0.789. The lowest BCUT2D eigenvalue weighted by molar-refractivity contribution is 0.397. The van der Waals surface area contributed by atoms with Crippen LogP contribution in [0.5, 0.6) is 5.88 Å². The van der Waals surface area contributed by atoms with E-state index < -0.39 is 0 Å². The molecule has 1 aromatic heterocycles. The Labute approximate surface area is 89.5 Å². The van der Waals surface area contributed by atoms with Crippen LogP contribution in [0.25, 0.3) is 0 Å². The van der Waals surface area contributed by atoms with Gasteiger partial charge in [0.15, 0.2) is 5.82 Å². The monoisotopic (exact) mass is 208 g/mol. The van der Waals surface area contributed by atoms with Crippen LogP contribution in [0.2, 0.25) is 0 Å². The van der Waals surface area contributed by atoms with Gasteiger partial charge in [-0.3, -0.25) is 0 Å². The lowest BCUT2D eigenvalue weighted by atomic mass is 10.1. The highest BCUT2D eigenvalue weighted by atomic mass is 16.5. The van der Waals surface area contributed by atoms with Crippen LogP contribution in [0.15, 0.2) is 6.33 Å².